The van der Waals surface area contributed by atoms with Gasteiger partial charge in [0.1, 0.15) is 67.6 Å². The van der Waals surface area contributed by atoms with Crippen molar-refractivity contribution in [1.29, 1.82) is 0 Å². The van der Waals surface area contributed by atoms with E-state index in [4.69, 9.17) is 46.1 Å². The fourth-order valence-corrected chi connectivity index (χ4v) is 16.5. The maximum Gasteiger partial charge on any atom is 0.481 e. The minimum atomic E-state index is -6.15. The molecule has 4 saturated heterocycles. The third-order valence-electron chi connectivity index (χ3n) is 13.6. The molecule has 4 aliphatic rings. The Morgan fingerprint density at radius 3 is 0.892 bits per heavy atom. The summed E-state index contributed by atoms with van der Waals surface area (Å²) in [5, 5.41) is 10.6. The number of phosphoric ester groups is 7. The fourth-order valence-electron chi connectivity index (χ4n) is 9.34. The maximum absolute atomic E-state index is 13.6. The van der Waals surface area contributed by atoms with Gasteiger partial charge in [-0.2, -0.15) is 12.9 Å². The van der Waals surface area contributed by atoms with E-state index in [9.17, 15) is 115 Å². The molecule has 520 valence electrons. The zero-order chi connectivity index (χ0) is 68.9. The van der Waals surface area contributed by atoms with E-state index < -0.39 is 219 Å². The largest absolute Gasteiger partial charge is 0.481 e. The van der Waals surface area contributed by atoms with Gasteiger partial charge >= 0.3 is 77.5 Å². The molecule has 13 N–H and O–H groups in total. The quantitative estimate of drug-likeness (QED) is 0.0271. The molecule has 46 nitrogen and oxygen atoms in total. The number of aliphatic hydroxyl groups excluding tert-OH is 1. The second-order valence-corrected chi connectivity index (χ2v) is 30.8. The Bertz CT molecular complexity index is 4340. The number of aliphatic hydroxyl groups is 1. The molecule has 0 radical (unpaired) electrons. The first-order valence-electron chi connectivity index (χ1n) is 26.2. The van der Waals surface area contributed by atoms with Gasteiger partial charge in [0.25, 0.3) is 22.2 Å². The molecule has 18 atom stereocenters. The molecule has 4 fully saturated rings. The molecule has 8 rings (SSSR count). The van der Waals surface area contributed by atoms with Crippen LogP contribution in [0.1, 0.15) is 72.8 Å². The number of aromatic amines is 4. The number of nitrogens with zero attached hydrogens (tertiary/aromatic N) is 4. The molecule has 0 aliphatic carbocycles. The predicted octanol–water partition coefficient (Wildman–Crippen LogP) is -2.10. The van der Waals surface area contributed by atoms with Gasteiger partial charge < -0.3 is 63.2 Å². The molecular formula is C40H57N8O38P7. The van der Waals surface area contributed by atoms with Gasteiger partial charge in [-0.15, -0.1) is 0 Å². The van der Waals surface area contributed by atoms with Crippen molar-refractivity contribution in [3.8, 4) is 0 Å². The number of ether oxygens (including phenoxy) is 4. The fraction of sp³-hybridized carbons (Fsp3) is 0.600. The highest BCUT2D eigenvalue weighted by Crippen LogP contribution is 2.65. The molecule has 53 heteroatoms. The topological polar surface area (TPSA) is 650 Å². The van der Waals surface area contributed by atoms with E-state index >= 15 is 0 Å². The molecule has 4 aromatic heterocycles. The van der Waals surface area contributed by atoms with Crippen molar-refractivity contribution in [3.05, 3.63) is 130 Å². The summed E-state index contributed by atoms with van der Waals surface area (Å²) in [5.74, 6) is 0. The smallest absolute Gasteiger partial charge is 0.390 e. The van der Waals surface area contributed by atoms with Gasteiger partial charge in [0.15, 0.2) is 0 Å². The van der Waals surface area contributed by atoms with Gasteiger partial charge in [-0.25, -0.2) is 51.1 Å². The Labute approximate surface area is 515 Å². The summed E-state index contributed by atoms with van der Waals surface area (Å²) in [6.07, 6.45) is -19.8. The molecule has 0 saturated carbocycles. The Morgan fingerprint density at radius 2 is 0.624 bits per heavy atom. The zero-order valence-electron chi connectivity index (χ0n) is 47.7. The number of rotatable bonds is 28. The van der Waals surface area contributed by atoms with E-state index in [1.165, 1.54) is 27.7 Å². The van der Waals surface area contributed by atoms with Crippen molar-refractivity contribution >= 4 is 54.8 Å². The molecule has 0 aromatic carbocycles. The SMILES string of the molecule is Cc1cn(C2CC(O)C(COP(=O)(O)OP(=O)(O)OC3CC(n4cc(C)c(=O)[nH]c4=O)OC3COP(=O)(O)OP(=O)(O)OC3CC(n4cc(C)c(=O)[nH]c4=O)OC3COP(=O)(O)OP(=O)(O)OC3CC(n4cc(C)c(=O)[nH]c4=O)OC3COP(=O)(O)O)O2)c(=O)[nH]c1=O. The average Bonchev–Trinajstić information content (AvgIpc) is 1.74. The molecule has 0 bridgehead atoms. The van der Waals surface area contributed by atoms with Crippen LogP contribution in [0.4, 0.5) is 0 Å². The van der Waals surface area contributed by atoms with Crippen LogP contribution in [0, 0.1) is 27.7 Å². The van der Waals surface area contributed by atoms with Crippen LogP contribution in [0.3, 0.4) is 0 Å². The van der Waals surface area contributed by atoms with Crippen LogP contribution in [0.5, 0.6) is 0 Å². The summed E-state index contributed by atoms with van der Waals surface area (Å²) in [5.41, 5.74) is -7.96. The number of phosphoric acid groups is 7. The summed E-state index contributed by atoms with van der Waals surface area (Å²) in [4.78, 5) is 190. The first-order chi connectivity index (χ1) is 42.9. The van der Waals surface area contributed by atoms with Crippen LogP contribution in [0.15, 0.2) is 63.1 Å². The van der Waals surface area contributed by atoms with E-state index in [2.05, 4.69) is 17.5 Å². The lowest BCUT2D eigenvalue weighted by Crippen LogP contribution is -2.33. The summed E-state index contributed by atoms with van der Waals surface area (Å²) >= 11 is 0. The number of hydrogen-bond donors (Lipinski definition) is 13. The number of aryl methyl sites for hydroxylation is 4. The highest BCUT2D eigenvalue weighted by atomic mass is 31.3. The monoisotopic (exact) mass is 1470 g/mol. The van der Waals surface area contributed by atoms with E-state index in [1.54, 1.807) is 0 Å². The van der Waals surface area contributed by atoms with Crippen LogP contribution < -0.4 is 45.0 Å². The van der Waals surface area contributed by atoms with Crippen LogP contribution in [-0.4, -0.2) is 158 Å². The van der Waals surface area contributed by atoms with E-state index in [-0.39, 0.29) is 28.7 Å². The minimum absolute atomic E-state index is 0.0504. The number of aromatic nitrogens is 8. The summed E-state index contributed by atoms with van der Waals surface area (Å²) in [6, 6.07) is 0. The highest BCUT2D eigenvalue weighted by Gasteiger charge is 2.51. The maximum atomic E-state index is 13.6. The van der Waals surface area contributed by atoms with Gasteiger partial charge in [0, 0.05) is 72.7 Å². The lowest BCUT2D eigenvalue weighted by molar-refractivity contribution is -0.0495. The van der Waals surface area contributed by atoms with E-state index in [1.807, 2.05) is 19.9 Å². The second kappa shape index (κ2) is 28.5. The van der Waals surface area contributed by atoms with E-state index in [0.29, 0.717) is 9.13 Å². The third kappa shape index (κ3) is 19.6. The highest BCUT2D eigenvalue weighted by molar-refractivity contribution is 7.62. The molecular weight excluding hydrogens is 1420 g/mol. The molecule has 93 heavy (non-hydrogen) atoms. The Morgan fingerprint density at radius 1 is 0.387 bits per heavy atom. The van der Waals surface area contributed by atoms with Crippen LogP contribution in [0.25, 0.3) is 0 Å². The molecule has 18 unspecified atom stereocenters. The predicted molar refractivity (Wildman–Crippen MR) is 297 cm³/mol. The number of hydrogen-bond acceptors (Lipinski definition) is 30. The lowest BCUT2D eigenvalue weighted by atomic mass is 10.2. The van der Waals surface area contributed by atoms with Gasteiger partial charge in [-0.05, 0) is 27.7 Å². The van der Waals surface area contributed by atoms with Crippen LogP contribution in [0.2, 0.25) is 0 Å². The van der Waals surface area contributed by atoms with Gasteiger partial charge in [-0.3, -0.25) is 89.0 Å². The van der Waals surface area contributed by atoms with Crippen molar-refractivity contribution in [1.82, 2.24) is 38.2 Å². The van der Waals surface area contributed by atoms with Crippen molar-refractivity contribution in [2.75, 3.05) is 26.4 Å². The molecule has 4 aliphatic heterocycles. The van der Waals surface area contributed by atoms with E-state index in [0.717, 1.165) is 33.9 Å². The first kappa shape index (κ1) is 74.2. The number of nitrogens with one attached hydrogen (secondary N) is 4. The van der Waals surface area contributed by atoms with Crippen molar-refractivity contribution in [2.45, 2.75) is 127 Å². The van der Waals surface area contributed by atoms with Crippen LogP contribution >= 0.6 is 54.8 Å². The van der Waals surface area contributed by atoms with Crippen molar-refractivity contribution < 1.29 is 140 Å². The summed E-state index contributed by atoms with van der Waals surface area (Å²) < 4.78 is 164. The molecule has 4 aromatic rings. The zero-order valence-corrected chi connectivity index (χ0v) is 53.9. The normalized spacial score (nSPS) is 29.0. The Balaban J connectivity index is 0.940. The van der Waals surface area contributed by atoms with Gasteiger partial charge in [-0.1, -0.05) is 0 Å². The summed E-state index contributed by atoms with van der Waals surface area (Å²) in [7, 11) is -41.3. The Hall–Kier alpha value is -4.59. The standard InChI is InChI=1S/C40H57N8O38P7/c1-17-9-45(37(54)41-33(17)50)29-5-21(49)25(77-29)13-74-88(61,62)84-92(69,70)82-23-7-31(47-11-19(3)35(52)43-39(47)56)79-27(23)15-76-90(65,66)86-93(71,72)83-24-8-32(48-12-20(4)36(53)44-40(48)57)80-28(24)16-75-89(63,64)85-91(67,68)81-22-6-30(78-26(22)14-73-87(58,59)60)46-10-18(2)34(51)42-38(46)55/h9-12,21-32,49H,5-8,13-16H2,1-4H3,(H,61,62)(H,63,64)(H,65,66)(H,67,68)(H,69,70)(H,71,72)(H,41,50,54)(H,42,51,55)(H,43,52,56)(H,44,53,57)(H2,58,59,60). The van der Waals surface area contributed by atoms with Gasteiger partial charge in [0.05, 0.1) is 32.5 Å². The van der Waals surface area contributed by atoms with Crippen molar-refractivity contribution in [3.63, 3.8) is 0 Å². The number of H-pyrrole nitrogens is 4. The molecule has 0 amide bonds. The molecule has 0 spiro atoms. The second-order valence-electron chi connectivity index (χ2n) is 20.6. The minimum Gasteiger partial charge on any atom is -0.390 e. The molecule has 8 heterocycles. The third-order valence-corrected chi connectivity index (χ3v) is 22.1. The lowest BCUT2D eigenvalue weighted by Gasteiger charge is -2.25. The van der Waals surface area contributed by atoms with Crippen molar-refractivity contribution in [2.24, 2.45) is 0 Å². The van der Waals surface area contributed by atoms with Gasteiger partial charge in [0.2, 0.25) is 0 Å². The van der Waals surface area contributed by atoms with Crippen LogP contribution in [-0.2, 0) is 95.5 Å². The first-order valence-corrected chi connectivity index (χ1v) is 36.7. The average molecular weight is 1470 g/mol. The summed E-state index contributed by atoms with van der Waals surface area (Å²) in [6.45, 7) is 0.0407. The Kier molecular flexibility index (Phi) is 22.7.